The monoisotopic (exact) mass is 283 g/mol. The maximum absolute atomic E-state index is 12.8. The van der Waals surface area contributed by atoms with Gasteiger partial charge in [-0.05, 0) is 0 Å². The average molecular weight is 283 g/mol. The van der Waals surface area contributed by atoms with Gasteiger partial charge in [-0.3, -0.25) is 10.1 Å². The Labute approximate surface area is 99.6 Å². The highest BCUT2D eigenvalue weighted by atomic mass is 32.2. The van der Waals surface area contributed by atoms with Crippen molar-refractivity contribution in [2.75, 3.05) is 7.11 Å². The molecule has 0 aliphatic rings. The number of ether oxygens (including phenoxy) is 1. The van der Waals surface area contributed by atoms with Gasteiger partial charge in [0, 0.05) is 0 Å². The van der Waals surface area contributed by atoms with Crippen molar-refractivity contribution in [3.63, 3.8) is 0 Å². The van der Waals surface area contributed by atoms with Gasteiger partial charge in [-0.1, -0.05) is 0 Å². The van der Waals surface area contributed by atoms with E-state index in [0.717, 1.165) is 7.11 Å². The molecule has 100 valence electrons. The molecule has 8 nitrogen and oxygen atoms in total. The second-order valence-electron chi connectivity index (χ2n) is 3.00. The van der Waals surface area contributed by atoms with Crippen LogP contribution in [0.25, 0.3) is 0 Å². The van der Waals surface area contributed by atoms with Crippen molar-refractivity contribution in [1.29, 1.82) is 0 Å². The number of primary sulfonamides is 1. The molecule has 1 heterocycles. The number of hydrogen-bond donors (Lipinski definition) is 1. The molecule has 0 radical (unpaired) electrons. The second-order valence-corrected chi connectivity index (χ2v) is 4.47. The molecule has 0 fully saturated rings. The summed E-state index contributed by atoms with van der Waals surface area (Å²) in [6.07, 6.45) is -2.80. The smallest absolute Gasteiger partial charge is 0.324 e. The molecule has 0 saturated heterocycles. The molecule has 0 bridgehead atoms. The second kappa shape index (κ2) is 4.78. The van der Waals surface area contributed by atoms with Crippen LogP contribution in [0.4, 0.5) is 14.5 Å². The first-order valence-electron chi connectivity index (χ1n) is 4.22. The van der Waals surface area contributed by atoms with E-state index in [4.69, 9.17) is 0 Å². The molecule has 1 aromatic heterocycles. The summed E-state index contributed by atoms with van der Waals surface area (Å²) in [6.45, 7) is 0. The van der Waals surface area contributed by atoms with Crippen LogP contribution in [0.3, 0.4) is 0 Å². The summed E-state index contributed by atoms with van der Waals surface area (Å²) in [5, 5.41) is 14.1. The first-order chi connectivity index (χ1) is 8.20. The van der Waals surface area contributed by atoms with Crippen molar-refractivity contribution in [3.05, 3.63) is 21.9 Å². The topological polar surface area (TPSA) is 125 Å². The van der Waals surface area contributed by atoms with Gasteiger partial charge in [0.25, 0.3) is 16.4 Å². The molecule has 0 aromatic carbocycles. The van der Waals surface area contributed by atoms with Crippen LogP contribution in [0.1, 0.15) is 12.0 Å². The first-order valence-corrected chi connectivity index (χ1v) is 5.77. The highest BCUT2D eigenvalue weighted by Crippen LogP contribution is 2.39. The van der Waals surface area contributed by atoms with Crippen LogP contribution in [-0.2, 0) is 10.0 Å². The van der Waals surface area contributed by atoms with Gasteiger partial charge >= 0.3 is 5.69 Å². The van der Waals surface area contributed by atoms with Crippen molar-refractivity contribution >= 4 is 15.7 Å². The van der Waals surface area contributed by atoms with Crippen molar-refractivity contribution in [2.24, 2.45) is 5.14 Å². The number of rotatable bonds is 4. The third kappa shape index (κ3) is 2.51. The van der Waals surface area contributed by atoms with Crippen LogP contribution in [0, 0.1) is 10.1 Å². The first kappa shape index (κ1) is 14.2. The Balaban J connectivity index is 3.80. The van der Waals surface area contributed by atoms with Gasteiger partial charge in [0.15, 0.2) is 5.03 Å². The van der Waals surface area contributed by atoms with Crippen molar-refractivity contribution in [3.8, 4) is 5.75 Å². The predicted molar refractivity (Wildman–Crippen MR) is 53.8 cm³/mol. The summed E-state index contributed by atoms with van der Waals surface area (Å²) >= 11 is 0. The van der Waals surface area contributed by atoms with Gasteiger partial charge in [-0.25, -0.2) is 27.3 Å². The van der Waals surface area contributed by atoms with E-state index in [1.165, 1.54) is 0 Å². The summed E-state index contributed by atoms with van der Waals surface area (Å²) in [5.74, 6) is -0.581. The Bertz CT molecular complexity index is 589. The lowest BCUT2D eigenvalue weighted by molar-refractivity contribution is -0.387. The molecule has 0 unspecified atom stereocenters. The maximum Gasteiger partial charge on any atom is 0.324 e. The van der Waals surface area contributed by atoms with E-state index in [2.05, 4.69) is 14.9 Å². The fourth-order valence-electron chi connectivity index (χ4n) is 1.24. The minimum Gasteiger partial charge on any atom is -0.489 e. The molecule has 11 heteroatoms. The lowest BCUT2D eigenvalue weighted by atomic mass is 10.2. The fraction of sp³-hybridized carbons (Fsp3) is 0.286. The Hall–Kier alpha value is -1.88. The number of nitrogens with zero attached hydrogens (tertiary/aromatic N) is 2. The standard InChI is InChI=1S/C7H7F2N3O5S/c1-17-3-2-11-7(18(10,15)16)4(6(8)9)5(3)12(13)14/h2,6H,1H3,(H2,10,15,16). The number of sulfonamides is 1. The largest absolute Gasteiger partial charge is 0.489 e. The molecule has 0 spiro atoms. The van der Waals surface area contributed by atoms with Crippen molar-refractivity contribution < 1.29 is 26.9 Å². The lowest BCUT2D eigenvalue weighted by Gasteiger charge is -2.09. The van der Waals surface area contributed by atoms with Gasteiger partial charge in [0.1, 0.15) is 5.56 Å². The van der Waals surface area contributed by atoms with Crippen LogP contribution < -0.4 is 9.88 Å². The SMILES string of the molecule is COc1cnc(S(N)(=O)=O)c(C(F)F)c1[N+](=O)[O-]. The molecule has 18 heavy (non-hydrogen) atoms. The van der Waals surface area contributed by atoms with E-state index in [0.29, 0.717) is 6.20 Å². The quantitative estimate of drug-likeness (QED) is 0.636. The van der Waals surface area contributed by atoms with Crippen LogP contribution in [0.15, 0.2) is 11.2 Å². The van der Waals surface area contributed by atoms with E-state index in [-0.39, 0.29) is 0 Å². The Morgan fingerprint density at radius 3 is 2.44 bits per heavy atom. The van der Waals surface area contributed by atoms with E-state index >= 15 is 0 Å². The Kier molecular flexibility index (Phi) is 3.76. The number of alkyl halides is 2. The number of nitrogens with two attached hydrogens (primary N) is 1. The third-order valence-electron chi connectivity index (χ3n) is 1.91. The van der Waals surface area contributed by atoms with Gasteiger partial charge in [-0.15, -0.1) is 0 Å². The molecule has 0 amide bonds. The number of methoxy groups -OCH3 is 1. The number of hydrogen-bond acceptors (Lipinski definition) is 6. The van der Waals surface area contributed by atoms with Gasteiger partial charge in [0.2, 0.25) is 5.75 Å². The zero-order valence-electron chi connectivity index (χ0n) is 8.83. The Morgan fingerprint density at radius 2 is 2.11 bits per heavy atom. The third-order valence-corrected chi connectivity index (χ3v) is 2.77. The molecule has 0 saturated carbocycles. The number of aromatic nitrogens is 1. The normalized spacial score (nSPS) is 11.6. The van der Waals surface area contributed by atoms with E-state index in [9.17, 15) is 27.3 Å². The number of nitro groups is 1. The molecule has 1 rings (SSSR count). The minimum atomic E-state index is -4.61. The highest BCUT2D eigenvalue weighted by Gasteiger charge is 2.35. The Morgan fingerprint density at radius 1 is 1.56 bits per heavy atom. The molecule has 0 aliphatic carbocycles. The van der Waals surface area contributed by atoms with Gasteiger partial charge in [0.05, 0.1) is 18.2 Å². The van der Waals surface area contributed by atoms with Crippen LogP contribution in [-0.4, -0.2) is 25.4 Å². The summed E-state index contributed by atoms with van der Waals surface area (Å²) in [7, 11) is -3.61. The summed E-state index contributed by atoms with van der Waals surface area (Å²) in [6, 6.07) is 0. The summed E-state index contributed by atoms with van der Waals surface area (Å²) in [4.78, 5) is 12.7. The van der Waals surface area contributed by atoms with Crippen LogP contribution in [0.5, 0.6) is 5.75 Å². The number of pyridine rings is 1. The molecular weight excluding hydrogens is 276 g/mol. The molecule has 2 N–H and O–H groups in total. The van der Waals surface area contributed by atoms with Crippen molar-refractivity contribution in [1.82, 2.24) is 4.98 Å². The highest BCUT2D eigenvalue weighted by molar-refractivity contribution is 7.89. The molecule has 1 aromatic rings. The van der Waals surface area contributed by atoms with Crippen molar-refractivity contribution in [2.45, 2.75) is 11.5 Å². The zero-order chi connectivity index (χ0) is 14.1. The van der Waals surface area contributed by atoms with E-state index < -0.39 is 43.4 Å². The average Bonchev–Trinajstić information content (AvgIpc) is 2.25. The number of halogens is 2. The van der Waals surface area contributed by atoms with Gasteiger partial charge < -0.3 is 4.74 Å². The summed E-state index contributed by atoms with van der Waals surface area (Å²) in [5.41, 5.74) is -2.56. The summed E-state index contributed by atoms with van der Waals surface area (Å²) < 4.78 is 52.1. The van der Waals surface area contributed by atoms with E-state index in [1.54, 1.807) is 0 Å². The van der Waals surface area contributed by atoms with Gasteiger partial charge in [-0.2, -0.15) is 0 Å². The fourth-order valence-corrected chi connectivity index (χ4v) is 1.93. The molecular formula is C7H7F2N3O5S. The minimum absolute atomic E-state index is 0.581. The van der Waals surface area contributed by atoms with Crippen LogP contribution >= 0.6 is 0 Å². The molecule has 0 aliphatic heterocycles. The maximum atomic E-state index is 12.8. The van der Waals surface area contributed by atoms with Crippen LogP contribution in [0.2, 0.25) is 0 Å². The zero-order valence-corrected chi connectivity index (χ0v) is 9.65. The predicted octanol–water partition coefficient (Wildman–Crippen LogP) is 0.583. The molecule has 0 atom stereocenters. The van der Waals surface area contributed by atoms with E-state index in [1.807, 2.05) is 0 Å². The lowest BCUT2D eigenvalue weighted by Crippen LogP contribution is -2.18.